The Kier molecular flexibility index (Phi) is 4.99. The number of carboxylic acid groups (broad SMARTS) is 1. The van der Waals surface area contributed by atoms with Gasteiger partial charge in [0.25, 0.3) is 0 Å². The van der Waals surface area contributed by atoms with Crippen LogP contribution in [0, 0.1) is 5.92 Å². The second-order valence-electron chi connectivity index (χ2n) is 5.32. The first-order valence-electron chi connectivity index (χ1n) is 6.62. The topological polar surface area (TPSA) is 75.6 Å². The summed E-state index contributed by atoms with van der Waals surface area (Å²) >= 11 is 0. The average molecular weight is 257 g/mol. The number of rotatable bonds is 4. The number of carbonyl (C=O) groups is 2. The molecular weight excluding hydrogens is 234 g/mol. The lowest BCUT2D eigenvalue weighted by atomic mass is 9.75. The third-order valence-electron chi connectivity index (χ3n) is 3.63. The summed E-state index contributed by atoms with van der Waals surface area (Å²) in [6, 6.07) is 0. The molecule has 0 aliphatic heterocycles. The van der Waals surface area contributed by atoms with E-state index in [1.807, 2.05) is 0 Å². The van der Waals surface area contributed by atoms with Crippen molar-refractivity contribution in [2.24, 2.45) is 5.92 Å². The molecule has 0 atom stereocenters. The third-order valence-corrected chi connectivity index (χ3v) is 3.63. The Labute approximate surface area is 108 Å². The van der Waals surface area contributed by atoms with Crippen molar-refractivity contribution in [3.05, 3.63) is 0 Å². The van der Waals surface area contributed by atoms with Crippen molar-refractivity contribution in [2.75, 3.05) is 0 Å². The maximum atomic E-state index is 11.6. The Morgan fingerprint density at radius 2 is 1.94 bits per heavy atom. The van der Waals surface area contributed by atoms with Gasteiger partial charge in [0.15, 0.2) is 0 Å². The first kappa shape index (κ1) is 14.8. The Hall–Kier alpha value is -1.26. The van der Waals surface area contributed by atoms with Crippen LogP contribution in [0.25, 0.3) is 0 Å². The van der Waals surface area contributed by atoms with E-state index in [2.05, 4.69) is 12.2 Å². The highest BCUT2D eigenvalue weighted by molar-refractivity contribution is 5.84. The molecule has 1 aliphatic carbocycles. The third kappa shape index (κ3) is 3.62. The molecule has 0 spiro atoms. The number of hydrogen-bond donors (Lipinski definition) is 2. The zero-order valence-electron chi connectivity index (χ0n) is 11.4. The van der Waals surface area contributed by atoms with Gasteiger partial charge in [-0.2, -0.15) is 0 Å². The number of carbonyl (C=O) groups excluding carboxylic acids is 1. The number of aliphatic carboxylic acids is 1. The van der Waals surface area contributed by atoms with Crippen LogP contribution in [0.1, 0.15) is 52.9 Å². The maximum Gasteiger partial charge on any atom is 0.408 e. The van der Waals surface area contributed by atoms with Crippen LogP contribution in [0.15, 0.2) is 0 Å². The van der Waals surface area contributed by atoms with E-state index in [1.165, 1.54) is 0 Å². The van der Waals surface area contributed by atoms with Gasteiger partial charge in [-0.05, 0) is 45.4 Å². The van der Waals surface area contributed by atoms with E-state index in [-0.39, 0.29) is 6.10 Å². The van der Waals surface area contributed by atoms with Gasteiger partial charge in [0, 0.05) is 0 Å². The Balaban J connectivity index is 2.65. The lowest BCUT2D eigenvalue weighted by molar-refractivity contribution is -0.146. The minimum Gasteiger partial charge on any atom is -0.480 e. The van der Waals surface area contributed by atoms with Gasteiger partial charge in [0.1, 0.15) is 5.54 Å². The number of ether oxygens (including phenoxy) is 1. The molecule has 1 aliphatic rings. The second kappa shape index (κ2) is 6.07. The molecule has 5 nitrogen and oxygen atoms in total. The SMILES string of the molecule is CCC1CCC(NC(=O)OC(C)C)(C(=O)O)CC1. The number of amides is 1. The van der Waals surface area contributed by atoms with Gasteiger partial charge >= 0.3 is 12.1 Å². The Morgan fingerprint density at radius 1 is 1.39 bits per heavy atom. The predicted octanol–water partition coefficient (Wildman–Crippen LogP) is 2.54. The standard InChI is InChI=1S/C13H23NO4/c1-4-10-5-7-13(8-6-10,11(15)16)14-12(17)18-9(2)3/h9-10H,4-8H2,1-3H3,(H,14,17)(H,15,16). The highest BCUT2D eigenvalue weighted by atomic mass is 16.6. The van der Waals surface area contributed by atoms with Crippen LogP contribution < -0.4 is 5.32 Å². The molecule has 0 aromatic heterocycles. The number of nitrogens with one attached hydrogen (secondary N) is 1. The normalized spacial score (nSPS) is 27.9. The predicted molar refractivity (Wildman–Crippen MR) is 67.4 cm³/mol. The van der Waals surface area contributed by atoms with E-state index >= 15 is 0 Å². The molecular formula is C13H23NO4. The minimum atomic E-state index is -1.14. The summed E-state index contributed by atoms with van der Waals surface area (Å²) in [5.74, 6) is -0.391. The second-order valence-corrected chi connectivity index (χ2v) is 5.32. The fourth-order valence-corrected chi connectivity index (χ4v) is 2.41. The summed E-state index contributed by atoms with van der Waals surface area (Å²) in [6.45, 7) is 5.58. The summed E-state index contributed by atoms with van der Waals surface area (Å²) < 4.78 is 4.97. The van der Waals surface area contributed by atoms with Crippen molar-refractivity contribution in [1.82, 2.24) is 5.32 Å². The van der Waals surface area contributed by atoms with Crippen LogP contribution in [-0.4, -0.2) is 28.8 Å². The fourth-order valence-electron chi connectivity index (χ4n) is 2.41. The van der Waals surface area contributed by atoms with E-state index in [9.17, 15) is 14.7 Å². The summed E-state index contributed by atoms with van der Waals surface area (Å²) in [4.78, 5) is 23.0. The monoisotopic (exact) mass is 257 g/mol. The molecule has 1 amide bonds. The highest BCUT2D eigenvalue weighted by Crippen LogP contribution is 2.34. The zero-order chi connectivity index (χ0) is 13.8. The molecule has 2 N–H and O–H groups in total. The number of hydrogen-bond acceptors (Lipinski definition) is 3. The molecule has 0 aromatic carbocycles. The Bertz CT molecular complexity index is 306. The molecule has 1 rings (SSSR count). The molecule has 0 radical (unpaired) electrons. The van der Waals surface area contributed by atoms with Gasteiger partial charge in [-0.1, -0.05) is 13.3 Å². The minimum absolute atomic E-state index is 0.247. The molecule has 0 aromatic rings. The van der Waals surface area contributed by atoms with E-state index in [0.29, 0.717) is 18.8 Å². The van der Waals surface area contributed by atoms with Crippen molar-refractivity contribution in [1.29, 1.82) is 0 Å². The summed E-state index contributed by atoms with van der Waals surface area (Å²) in [6.07, 6.45) is 2.81. The van der Waals surface area contributed by atoms with Crippen LogP contribution >= 0.6 is 0 Å². The van der Waals surface area contributed by atoms with E-state index < -0.39 is 17.6 Å². The molecule has 0 saturated heterocycles. The molecule has 1 fully saturated rings. The van der Waals surface area contributed by atoms with Crippen molar-refractivity contribution in [3.8, 4) is 0 Å². The van der Waals surface area contributed by atoms with Gasteiger partial charge in [0.2, 0.25) is 0 Å². The molecule has 5 heteroatoms. The van der Waals surface area contributed by atoms with Crippen LogP contribution in [-0.2, 0) is 9.53 Å². The van der Waals surface area contributed by atoms with Gasteiger partial charge in [-0.15, -0.1) is 0 Å². The van der Waals surface area contributed by atoms with Crippen LogP contribution in [0.2, 0.25) is 0 Å². The molecule has 1 saturated carbocycles. The maximum absolute atomic E-state index is 11.6. The summed E-state index contributed by atoms with van der Waals surface area (Å²) in [5, 5.41) is 11.9. The Morgan fingerprint density at radius 3 is 2.33 bits per heavy atom. The average Bonchev–Trinajstić information content (AvgIpc) is 2.28. The van der Waals surface area contributed by atoms with E-state index in [1.54, 1.807) is 13.8 Å². The number of alkyl carbamates (subject to hydrolysis) is 1. The van der Waals surface area contributed by atoms with E-state index in [0.717, 1.165) is 19.3 Å². The summed E-state index contributed by atoms with van der Waals surface area (Å²) in [5.41, 5.74) is -1.14. The van der Waals surface area contributed by atoms with E-state index in [4.69, 9.17) is 4.74 Å². The van der Waals surface area contributed by atoms with Crippen molar-refractivity contribution >= 4 is 12.1 Å². The number of carboxylic acids is 1. The molecule has 0 unspecified atom stereocenters. The molecule has 0 bridgehead atoms. The first-order valence-corrected chi connectivity index (χ1v) is 6.62. The van der Waals surface area contributed by atoms with Gasteiger partial charge < -0.3 is 15.2 Å². The van der Waals surface area contributed by atoms with Gasteiger partial charge in [0.05, 0.1) is 6.10 Å². The fraction of sp³-hybridized carbons (Fsp3) is 0.846. The lowest BCUT2D eigenvalue weighted by Gasteiger charge is -2.36. The quantitative estimate of drug-likeness (QED) is 0.811. The van der Waals surface area contributed by atoms with Crippen LogP contribution in [0.3, 0.4) is 0 Å². The highest BCUT2D eigenvalue weighted by Gasteiger charge is 2.43. The largest absolute Gasteiger partial charge is 0.480 e. The van der Waals surface area contributed by atoms with Crippen molar-refractivity contribution in [2.45, 2.75) is 64.5 Å². The van der Waals surface area contributed by atoms with Crippen LogP contribution in [0.4, 0.5) is 4.79 Å². The van der Waals surface area contributed by atoms with Gasteiger partial charge in [-0.25, -0.2) is 9.59 Å². The molecule has 0 heterocycles. The van der Waals surface area contributed by atoms with Crippen molar-refractivity contribution in [3.63, 3.8) is 0 Å². The lowest BCUT2D eigenvalue weighted by Crippen LogP contribution is -2.56. The first-order chi connectivity index (χ1) is 8.39. The van der Waals surface area contributed by atoms with Gasteiger partial charge in [-0.3, -0.25) is 0 Å². The van der Waals surface area contributed by atoms with Crippen molar-refractivity contribution < 1.29 is 19.4 Å². The zero-order valence-corrected chi connectivity index (χ0v) is 11.4. The molecule has 104 valence electrons. The summed E-state index contributed by atoms with van der Waals surface area (Å²) in [7, 11) is 0. The molecule has 18 heavy (non-hydrogen) atoms. The van der Waals surface area contributed by atoms with Crippen LogP contribution in [0.5, 0.6) is 0 Å². The smallest absolute Gasteiger partial charge is 0.408 e.